The van der Waals surface area contributed by atoms with Gasteiger partial charge in [0.25, 0.3) is 0 Å². The minimum absolute atomic E-state index is 0.0432. The van der Waals surface area contributed by atoms with Gasteiger partial charge in [-0.15, -0.1) is 10.0 Å². The van der Waals surface area contributed by atoms with E-state index in [9.17, 15) is 0 Å². The predicted molar refractivity (Wildman–Crippen MR) is 271 cm³/mol. The summed E-state index contributed by atoms with van der Waals surface area (Å²) in [5, 5.41) is 4.60. The van der Waals surface area contributed by atoms with Gasteiger partial charge in [-0.05, 0) is 113 Å². The van der Waals surface area contributed by atoms with Gasteiger partial charge in [-0.2, -0.15) is 15.0 Å². The van der Waals surface area contributed by atoms with Crippen LogP contribution >= 0.6 is 10.0 Å². The lowest BCUT2D eigenvalue weighted by molar-refractivity contribution is 0.440. The molecular formula is C59H47N5O2S. The number of rotatable bonds is 3. The molecule has 0 saturated carbocycles. The molecule has 5 heterocycles. The Labute approximate surface area is 390 Å². The van der Waals surface area contributed by atoms with Crippen molar-refractivity contribution in [3.8, 4) is 46.3 Å². The van der Waals surface area contributed by atoms with Gasteiger partial charge < -0.3 is 9.47 Å². The minimum Gasteiger partial charge on any atom is -0.455 e. The molecule has 0 atom stereocenters. The molecule has 0 aliphatic carbocycles. The third kappa shape index (κ3) is 5.82. The summed E-state index contributed by atoms with van der Waals surface area (Å²) in [6.07, 6.45) is 0. The van der Waals surface area contributed by atoms with Gasteiger partial charge in [0.15, 0.2) is 5.82 Å². The molecule has 0 bridgehead atoms. The van der Waals surface area contributed by atoms with Crippen molar-refractivity contribution in [1.29, 1.82) is 0 Å². The first-order valence-electron chi connectivity index (χ1n) is 22.9. The minimum atomic E-state index is -2.06. The molecule has 0 N–H and O–H groups in total. The molecule has 8 aromatic carbocycles. The second-order valence-corrected chi connectivity index (χ2v) is 22.7. The number of hydrogen-bond donors (Lipinski definition) is 0. The molecule has 13 rings (SSSR count). The van der Waals surface area contributed by atoms with Crippen LogP contribution < -0.4 is 9.47 Å². The quantitative estimate of drug-likeness (QED) is 0.177. The summed E-state index contributed by atoms with van der Waals surface area (Å²) in [6, 6.07) is 62.6. The van der Waals surface area contributed by atoms with E-state index < -0.39 is 10.0 Å². The highest BCUT2D eigenvalue weighted by Crippen LogP contribution is 2.83. The third-order valence-electron chi connectivity index (χ3n) is 13.6. The van der Waals surface area contributed by atoms with Gasteiger partial charge in [0.05, 0.1) is 22.1 Å². The number of benzene rings is 8. The second kappa shape index (κ2) is 14.2. The molecule has 0 radical (unpaired) electrons. The SMILES string of the molecule is CC(C)(C)c1ccc2c(c1)c1cc(C(C)(C)C)ccc1n2-c1nc(-c2ccc3c(c2)Oc2ccccc2S32c3ccccc3Oc3ccccc32)nc(-n2c3ccccc3c3ccccc32)n1. The van der Waals surface area contributed by atoms with Crippen LogP contribution in [0.25, 0.3) is 66.9 Å². The van der Waals surface area contributed by atoms with Crippen molar-refractivity contribution in [3.05, 3.63) is 187 Å². The maximum Gasteiger partial charge on any atom is 0.240 e. The van der Waals surface area contributed by atoms with E-state index in [0.29, 0.717) is 17.7 Å². The molecule has 0 saturated heterocycles. The summed E-state index contributed by atoms with van der Waals surface area (Å²) in [6.45, 7) is 13.6. The zero-order valence-electron chi connectivity index (χ0n) is 38.2. The van der Waals surface area contributed by atoms with Crippen molar-refractivity contribution in [1.82, 2.24) is 24.1 Å². The summed E-state index contributed by atoms with van der Waals surface area (Å²) in [5.74, 6) is 4.91. The first kappa shape index (κ1) is 39.7. The monoisotopic (exact) mass is 889 g/mol. The number of nitrogens with zero attached hydrogens (tertiary/aromatic N) is 5. The number of hydrogen-bond acceptors (Lipinski definition) is 5. The van der Waals surface area contributed by atoms with E-state index in [2.05, 4.69) is 214 Å². The molecule has 3 aromatic heterocycles. The Morgan fingerprint density at radius 2 is 0.776 bits per heavy atom. The largest absolute Gasteiger partial charge is 0.455 e. The van der Waals surface area contributed by atoms with Gasteiger partial charge >= 0.3 is 0 Å². The normalized spacial score (nSPS) is 14.4. The van der Waals surface area contributed by atoms with Crippen LogP contribution in [0.3, 0.4) is 0 Å². The first-order chi connectivity index (χ1) is 32.5. The summed E-state index contributed by atoms with van der Waals surface area (Å²) < 4.78 is 18.1. The van der Waals surface area contributed by atoms with Gasteiger partial charge in [-0.25, -0.2) is 0 Å². The third-order valence-corrected chi connectivity index (χ3v) is 17.6. The Morgan fingerprint density at radius 3 is 1.25 bits per heavy atom. The smallest absolute Gasteiger partial charge is 0.240 e. The fourth-order valence-electron chi connectivity index (χ4n) is 10.3. The van der Waals surface area contributed by atoms with Crippen molar-refractivity contribution in [3.63, 3.8) is 0 Å². The molecule has 11 aromatic rings. The van der Waals surface area contributed by atoms with Crippen LogP contribution in [0.15, 0.2) is 196 Å². The van der Waals surface area contributed by atoms with E-state index in [1.165, 1.54) is 21.9 Å². The first-order valence-corrected chi connectivity index (χ1v) is 24.6. The fourth-order valence-corrected chi connectivity index (χ4v) is 14.5. The van der Waals surface area contributed by atoms with Crippen molar-refractivity contribution in [2.75, 3.05) is 0 Å². The van der Waals surface area contributed by atoms with Gasteiger partial charge in [0, 0.05) is 46.7 Å². The highest BCUT2D eigenvalue weighted by molar-refractivity contribution is 8.34. The molecule has 2 aliphatic heterocycles. The fraction of sp³-hybridized carbons (Fsp3) is 0.136. The van der Waals surface area contributed by atoms with Gasteiger partial charge in [0.1, 0.15) is 23.0 Å². The number of para-hydroxylation sites is 5. The van der Waals surface area contributed by atoms with Crippen molar-refractivity contribution >= 4 is 53.6 Å². The van der Waals surface area contributed by atoms with E-state index in [1.54, 1.807) is 0 Å². The van der Waals surface area contributed by atoms with Gasteiger partial charge in [0.2, 0.25) is 11.9 Å². The average molecular weight is 890 g/mol. The molecule has 0 unspecified atom stereocenters. The van der Waals surface area contributed by atoms with Crippen molar-refractivity contribution < 1.29 is 9.47 Å². The van der Waals surface area contributed by atoms with Crippen LogP contribution in [0.2, 0.25) is 0 Å². The summed E-state index contributed by atoms with van der Waals surface area (Å²) in [5.41, 5.74) is 7.38. The Morgan fingerprint density at radius 1 is 0.373 bits per heavy atom. The lowest BCUT2D eigenvalue weighted by Gasteiger charge is -2.48. The summed E-state index contributed by atoms with van der Waals surface area (Å²) >= 11 is 0. The average Bonchev–Trinajstić information content (AvgIpc) is 3.85. The summed E-state index contributed by atoms with van der Waals surface area (Å²) in [7, 11) is -2.06. The Hall–Kier alpha value is -7.68. The lowest BCUT2D eigenvalue weighted by Crippen LogP contribution is -2.16. The van der Waals surface area contributed by atoms with Crippen LogP contribution in [0.5, 0.6) is 23.0 Å². The van der Waals surface area contributed by atoms with Crippen molar-refractivity contribution in [2.45, 2.75) is 72.0 Å². The van der Waals surface area contributed by atoms with Crippen LogP contribution in [0, 0.1) is 0 Å². The highest BCUT2D eigenvalue weighted by atomic mass is 32.3. The second-order valence-electron chi connectivity index (χ2n) is 19.7. The molecular weight excluding hydrogens is 843 g/mol. The number of fused-ring (bicyclic) bond motifs is 14. The standard InChI is InChI=1S/C59H47N5O2S/c1-58(2,3)37-28-30-45-41(34-37)42-35-38(59(4,5)6)29-31-46(42)64(45)57-61-55(60-56(62-57)63-43-19-9-7-17-39(43)40-18-8-10-20-44(40)63)36-27-32-54-50(33-36)66-49-23-13-16-26-53(49)67(54)51-24-14-11-21-47(51)65-48-22-12-15-25-52(48)67/h7-35H,1-6H3. The van der Waals surface area contributed by atoms with Crippen LogP contribution in [0.4, 0.5) is 0 Å². The van der Waals surface area contributed by atoms with E-state index in [1.807, 2.05) is 12.1 Å². The van der Waals surface area contributed by atoms with Crippen LogP contribution in [-0.2, 0) is 10.8 Å². The Bertz CT molecular complexity index is 3680. The van der Waals surface area contributed by atoms with E-state index in [0.717, 1.165) is 81.0 Å². The van der Waals surface area contributed by atoms with E-state index in [-0.39, 0.29) is 10.8 Å². The Kier molecular flexibility index (Phi) is 8.38. The number of aromatic nitrogens is 5. The van der Waals surface area contributed by atoms with Crippen molar-refractivity contribution in [2.24, 2.45) is 0 Å². The number of ether oxygens (including phenoxy) is 2. The van der Waals surface area contributed by atoms with Crippen LogP contribution in [-0.4, -0.2) is 24.1 Å². The Balaban J connectivity index is 1.10. The molecule has 1 spiro atoms. The molecule has 67 heavy (non-hydrogen) atoms. The molecule has 8 heteroatoms. The molecule has 326 valence electrons. The topological polar surface area (TPSA) is 67.0 Å². The summed E-state index contributed by atoms with van der Waals surface area (Å²) in [4.78, 5) is 20.9. The van der Waals surface area contributed by atoms with Gasteiger partial charge in [-0.1, -0.05) is 126 Å². The molecule has 0 fully saturated rings. The maximum atomic E-state index is 7.01. The molecule has 0 amide bonds. The zero-order valence-corrected chi connectivity index (χ0v) is 39.0. The highest BCUT2D eigenvalue weighted by Gasteiger charge is 2.46. The van der Waals surface area contributed by atoms with Gasteiger partial charge in [-0.3, -0.25) is 9.13 Å². The molecule has 2 aliphatic rings. The lowest BCUT2D eigenvalue weighted by atomic mass is 9.85. The van der Waals surface area contributed by atoms with E-state index >= 15 is 0 Å². The zero-order chi connectivity index (χ0) is 45.4. The molecule has 7 nitrogen and oxygen atoms in total. The predicted octanol–water partition coefficient (Wildman–Crippen LogP) is 15.9. The maximum absolute atomic E-state index is 7.01. The van der Waals surface area contributed by atoms with E-state index in [4.69, 9.17) is 24.4 Å². The van der Waals surface area contributed by atoms with Crippen LogP contribution in [0.1, 0.15) is 52.7 Å².